The van der Waals surface area contributed by atoms with Crippen molar-refractivity contribution in [2.24, 2.45) is 10.7 Å². The molecule has 0 aliphatic carbocycles. The number of aliphatic imine (C=N–C) groups is 1. The average molecular weight is 244 g/mol. The molecule has 0 bridgehead atoms. The van der Waals surface area contributed by atoms with Crippen LogP contribution in [0, 0.1) is 0 Å². The topological polar surface area (TPSA) is 64.7 Å². The first-order chi connectivity index (χ1) is 7.88. The summed E-state index contributed by atoms with van der Waals surface area (Å²) in [5, 5.41) is 0. The lowest BCUT2D eigenvalue weighted by atomic mass is 10.1. The van der Waals surface area contributed by atoms with Crippen molar-refractivity contribution in [1.29, 1.82) is 0 Å². The molecule has 0 radical (unpaired) electrons. The first kappa shape index (κ1) is 11.4. The number of carbonyl (C=O) groups excluding carboxylic acids is 1. The molecule has 0 saturated carbocycles. The lowest BCUT2D eigenvalue weighted by Gasteiger charge is -2.10. The largest absolute Gasteiger partial charge is 0.447 e. The maximum atomic E-state index is 12.3. The van der Waals surface area contributed by atoms with Gasteiger partial charge in [0.15, 0.2) is 0 Å². The summed E-state index contributed by atoms with van der Waals surface area (Å²) >= 11 is 0. The Morgan fingerprint density at radius 1 is 1.24 bits per heavy atom. The minimum absolute atomic E-state index is 0.278. The molecule has 1 aromatic carbocycles. The number of amides is 1. The molecule has 0 aromatic heterocycles. The van der Waals surface area contributed by atoms with Crippen molar-refractivity contribution in [1.82, 2.24) is 0 Å². The van der Waals surface area contributed by atoms with Gasteiger partial charge in [-0.25, -0.2) is 0 Å². The molecule has 1 heterocycles. The van der Waals surface area contributed by atoms with E-state index in [-0.39, 0.29) is 11.6 Å². The molecule has 90 valence electrons. The Labute approximate surface area is 93.9 Å². The van der Waals surface area contributed by atoms with Gasteiger partial charge in [-0.05, 0) is 12.1 Å². The highest BCUT2D eigenvalue weighted by Gasteiger charge is 2.32. The number of hydrogen-bond donors (Lipinski definition) is 1. The number of amidine groups is 1. The van der Waals surface area contributed by atoms with Crippen molar-refractivity contribution in [3.8, 4) is 0 Å². The van der Waals surface area contributed by atoms with E-state index in [1.807, 2.05) is 0 Å². The third kappa shape index (κ3) is 2.22. The second-order valence-electron chi connectivity index (χ2n) is 3.41. The van der Waals surface area contributed by atoms with Crippen LogP contribution in [-0.2, 0) is 15.7 Å². The number of nitrogens with zero attached hydrogens (tertiary/aromatic N) is 1. The number of rotatable bonds is 1. The van der Waals surface area contributed by atoms with Crippen LogP contribution in [0.4, 0.5) is 13.2 Å². The van der Waals surface area contributed by atoms with Gasteiger partial charge in [0.05, 0.1) is 5.56 Å². The van der Waals surface area contributed by atoms with Crippen LogP contribution in [0.3, 0.4) is 0 Å². The van der Waals surface area contributed by atoms with Gasteiger partial charge in [-0.1, -0.05) is 12.1 Å². The molecule has 0 saturated heterocycles. The minimum atomic E-state index is -4.41. The molecule has 1 aliphatic rings. The van der Waals surface area contributed by atoms with E-state index < -0.39 is 23.8 Å². The van der Waals surface area contributed by atoms with E-state index in [0.717, 1.165) is 12.1 Å². The molecule has 1 aromatic rings. The van der Waals surface area contributed by atoms with Gasteiger partial charge in [0.1, 0.15) is 0 Å². The van der Waals surface area contributed by atoms with Gasteiger partial charge >= 0.3 is 6.18 Å². The van der Waals surface area contributed by atoms with E-state index in [9.17, 15) is 18.0 Å². The van der Waals surface area contributed by atoms with Crippen LogP contribution in [-0.4, -0.2) is 11.9 Å². The maximum Gasteiger partial charge on any atom is 0.416 e. The number of halogens is 3. The van der Waals surface area contributed by atoms with Gasteiger partial charge in [0, 0.05) is 5.56 Å². The third-order valence-electron chi connectivity index (χ3n) is 2.22. The first-order valence-electron chi connectivity index (χ1n) is 4.60. The molecule has 2 rings (SSSR count). The van der Waals surface area contributed by atoms with Crippen molar-refractivity contribution >= 4 is 11.9 Å². The van der Waals surface area contributed by atoms with Crippen LogP contribution < -0.4 is 5.73 Å². The zero-order chi connectivity index (χ0) is 12.6. The van der Waals surface area contributed by atoms with Gasteiger partial charge in [-0.3, -0.25) is 4.79 Å². The SMILES string of the molecule is NC1=NC(=O)C(c2ccc(C(F)(F)F)cc2)O1. The average Bonchev–Trinajstić information content (AvgIpc) is 2.57. The number of benzene rings is 1. The zero-order valence-corrected chi connectivity index (χ0v) is 8.36. The van der Waals surface area contributed by atoms with E-state index in [1.54, 1.807) is 0 Å². The van der Waals surface area contributed by atoms with E-state index in [1.165, 1.54) is 12.1 Å². The quantitative estimate of drug-likeness (QED) is 0.816. The molecule has 1 unspecified atom stereocenters. The zero-order valence-electron chi connectivity index (χ0n) is 8.36. The maximum absolute atomic E-state index is 12.3. The van der Waals surface area contributed by atoms with Gasteiger partial charge in [-0.2, -0.15) is 18.2 Å². The van der Waals surface area contributed by atoms with Crippen molar-refractivity contribution in [2.45, 2.75) is 12.3 Å². The molecule has 0 spiro atoms. The Morgan fingerprint density at radius 3 is 2.24 bits per heavy atom. The van der Waals surface area contributed by atoms with Crippen molar-refractivity contribution < 1.29 is 22.7 Å². The van der Waals surface area contributed by atoms with Gasteiger partial charge < -0.3 is 10.5 Å². The van der Waals surface area contributed by atoms with Crippen LogP contribution in [0.25, 0.3) is 0 Å². The molecule has 7 heteroatoms. The normalized spacial score (nSPS) is 20.1. The smallest absolute Gasteiger partial charge is 0.416 e. The highest BCUT2D eigenvalue weighted by molar-refractivity contribution is 5.98. The summed E-state index contributed by atoms with van der Waals surface area (Å²) in [6, 6.07) is 3.81. The molecule has 0 fully saturated rings. The summed E-state index contributed by atoms with van der Waals surface area (Å²) in [6.45, 7) is 0. The standard InChI is InChI=1S/C10H7F3N2O2/c11-10(12,13)6-3-1-5(2-4-6)7-8(16)15-9(14)17-7/h1-4,7H,(H2,14,15,16). The molecule has 17 heavy (non-hydrogen) atoms. The van der Waals surface area contributed by atoms with Gasteiger partial charge in [-0.15, -0.1) is 0 Å². The second kappa shape index (κ2) is 3.76. The Morgan fingerprint density at radius 2 is 1.82 bits per heavy atom. The molecule has 2 N–H and O–H groups in total. The Bertz CT molecular complexity index is 479. The summed E-state index contributed by atoms with van der Waals surface area (Å²) in [7, 11) is 0. The lowest BCUT2D eigenvalue weighted by molar-refractivity contribution is -0.137. The van der Waals surface area contributed by atoms with Gasteiger partial charge in [0.25, 0.3) is 11.9 Å². The van der Waals surface area contributed by atoms with Gasteiger partial charge in [0.2, 0.25) is 6.10 Å². The predicted molar refractivity (Wildman–Crippen MR) is 51.9 cm³/mol. The number of carbonyl (C=O) groups is 1. The number of ether oxygens (including phenoxy) is 1. The fourth-order valence-corrected chi connectivity index (χ4v) is 1.42. The Kier molecular flexibility index (Phi) is 2.53. The fourth-order valence-electron chi connectivity index (χ4n) is 1.42. The molecular formula is C10H7F3N2O2. The van der Waals surface area contributed by atoms with Crippen LogP contribution in [0.5, 0.6) is 0 Å². The second-order valence-corrected chi connectivity index (χ2v) is 3.41. The summed E-state index contributed by atoms with van der Waals surface area (Å²) in [5.41, 5.74) is 4.67. The first-order valence-corrected chi connectivity index (χ1v) is 4.60. The van der Waals surface area contributed by atoms with E-state index in [4.69, 9.17) is 10.5 Å². The number of hydrogen-bond acceptors (Lipinski definition) is 3. The van der Waals surface area contributed by atoms with Crippen LogP contribution in [0.1, 0.15) is 17.2 Å². The molecular weight excluding hydrogens is 237 g/mol. The fraction of sp³-hybridized carbons (Fsp3) is 0.200. The predicted octanol–water partition coefficient (Wildman–Crippen LogP) is 1.62. The highest BCUT2D eigenvalue weighted by Crippen LogP contribution is 2.31. The molecule has 4 nitrogen and oxygen atoms in total. The number of alkyl halides is 3. The Hall–Kier alpha value is -2.05. The van der Waals surface area contributed by atoms with E-state index in [0.29, 0.717) is 0 Å². The van der Waals surface area contributed by atoms with Crippen molar-refractivity contribution in [3.63, 3.8) is 0 Å². The highest BCUT2D eigenvalue weighted by atomic mass is 19.4. The summed E-state index contributed by atoms with van der Waals surface area (Å²) < 4.78 is 41.8. The van der Waals surface area contributed by atoms with E-state index in [2.05, 4.69) is 4.99 Å². The summed E-state index contributed by atoms with van der Waals surface area (Å²) in [5.74, 6) is -0.623. The molecule has 1 amide bonds. The van der Waals surface area contributed by atoms with Crippen LogP contribution in [0.15, 0.2) is 29.3 Å². The lowest BCUT2D eigenvalue weighted by Crippen LogP contribution is -2.14. The van der Waals surface area contributed by atoms with Crippen LogP contribution >= 0.6 is 0 Å². The summed E-state index contributed by atoms with van der Waals surface area (Å²) in [6.07, 6.45) is -5.45. The van der Waals surface area contributed by atoms with Crippen LogP contribution in [0.2, 0.25) is 0 Å². The molecule has 1 aliphatic heterocycles. The third-order valence-corrected chi connectivity index (χ3v) is 2.22. The monoisotopic (exact) mass is 244 g/mol. The number of nitrogens with two attached hydrogens (primary N) is 1. The summed E-state index contributed by atoms with van der Waals surface area (Å²) in [4.78, 5) is 14.6. The van der Waals surface area contributed by atoms with E-state index >= 15 is 0 Å². The Balaban J connectivity index is 2.23. The minimum Gasteiger partial charge on any atom is -0.447 e. The van der Waals surface area contributed by atoms with Crippen molar-refractivity contribution in [2.75, 3.05) is 0 Å². The molecule has 1 atom stereocenters. The van der Waals surface area contributed by atoms with Crippen molar-refractivity contribution in [3.05, 3.63) is 35.4 Å².